The fraction of sp³-hybridized carbons (Fsp3) is 0.455. The van der Waals surface area contributed by atoms with Crippen molar-refractivity contribution in [3.8, 4) is 5.75 Å². The van der Waals surface area contributed by atoms with Gasteiger partial charge in [-0.1, -0.05) is 73.7 Å². The van der Waals surface area contributed by atoms with Crippen molar-refractivity contribution in [3.05, 3.63) is 101 Å². The van der Waals surface area contributed by atoms with Gasteiger partial charge in [-0.15, -0.1) is 8.42 Å². The van der Waals surface area contributed by atoms with E-state index in [4.69, 9.17) is 4.18 Å². The normalized spacial score (nSPS) is 28.4. The van der Waals surface area contributed by atoms with E-state index < -0.39 is 10.3 Å². The van der Waals surface area contributed by atoms with Gasteiger partial charge in [-0.3, -0.25) is 0 Å². The minimum Gasteiger partial charge on any atom is -0.508 e. The molecule has 0 amide bonds. The van der Waals surface area contributed by atoms with Crippen molar-refractivity contribution in [3.63, 3.8) is 0 Å². The van der Waals surface area contributed by atoms with Crippen LogP contribution in [0.4, 0.5) is 0 Å². The first-order valence-electron chi connectivity index (χ1n) is 14.4. The van der Waals surface area contributed by atoms with Crippen LogP contribution in [-0.2, 0) is 34.0 Å². The van der Waals surface area contributed by atoms with Gasteiger partial charge in [-0.05, 0) is 85.0 Å². The van der Waals surface area contributed by atoms with Crippen LogP contribution in [-0.4, -0.2) is 30.6 Å². The number of hydrogen-bond acceptors (Lipinski definition) is 4. The summed E-state index contributed by atoms with van der Waals surface area (Å²) in [6.45, 7) is 2.98. The smallest absolute Gasteiger partial charge is 0.436 e. The fourth-order valence-corrected chi connectivity index (χ4v) is 9.51. The average molecular weight is 547 g/mol. The van der Waals surface area contributed by atoms with E-state index in [1.54, 1.807) is 7.05 Å². The lowest BCUT2D eigenvalue weighted by atomic mass is 9.55. The Kier molecular flexibility index (Phi) is 6.85. The Morgan fingerprint density at radius 1 is 0.897 bits per heavy atom. The first-order valence-corrected chi connectivity index (χ1v) is 15.7. The molecule has 1 N–H and O–H groups in total. The van der Waals surface area contributed by atoms with Crippen LogP contribution in [0.5, 0.6) is 5.75 Å². The molecule has 6 rings (SSSR count). The Hall–Kier alpha value is -2.67. The van der Waals surface area contributed by atoms with E-state index >= 15 is 0 Å². The minimum absolute atomic E-state index is 0.160. The second-order valence-corrected chi connectivity index (χ2v) is 14.4. The van der Waals surface area contributed by atoms with E-state index in [-0.39, 0.29) is 15.4 Å². The summed E-state index contributed by atoms with van der Waals surface area (Å²) in [5, 5.41) is 10.00. The summed E-state index contributed by atoms with van der Waals surface area (Å²) in [4.78, 5) is 0. The molecule has 5 nitrogen and oxygen atoms in total. The molecule has 3 aliphatic rings. The summed E-state index contributed by atoms with van der Waals surface area (Å²) in [6.07, 6.45) is 5.55. The van der Waals surface area contributed by atoms with Crippen molar-refractivity contribution < 1.29 is 21.6 Å². The lowest BCUT2D eigenvalue weighted by molar-refractivity contribution is -0.818. The highest BCUT2D eigenvalue weighted by Gasteiger charge is 2.57. The molecule has 0 saturated heterocycles. The number of nitrogens with zero attached hydrogens (tertiary/aromatic N) is 1. The maximum Gasteiger partial charge on any atom is 0.436 e. The number of fused-ring (bicyclic) bond motifs is 5. The molecule has 6 heteroatoms. The predicted molar refractivity (Wildman–Crippen MR) is 153 cm³/mol. The van der Waals surface area contributed by atoms with Gasteiger partial charge >= 0.3 is 10.3 Å². The number of rotatable bonds is 7. The third-order valence-electron chi connectivity index (χ3n) is 10.1. The molecule has 3 unspecified atom stereocenters. The van der Waals surface area contributed by atoms with E-state index in [0.29, 0.717) is 36.6 Å². The summed E-state index contributed by atoms with van der Waals surface area (Å²) >= 11 is 0. The second-order valence-electron chi connectivity index (χ2n) is 12.5. The van der Waals surface area contributed by atoms with Crippen molar-refractivity contribution in [1.29, 1.82) is 0 Å². The molecule has 3 aliphatic carbocycles. The minimum atomic E-state index is -3.96. The highest BCUT2D eigenvalue weighted by molar-refractivity contribution is 7.81. The van der Waals surface area contributed by atoms with Crippen molar-refractivity contribution >= 4 is 10.3 Å². The number of quaternary nitrogens is 1. The Morgan fingerprint density at radius 3 is 2.18 bits per heavy atom. The molecule has 0 spiro atoms. The number of benzene rings is 3. The van der Waals surface area contributed by atoms with E-state index in [1.807, 2.05) is 72.8 Å². The van der Waals surface area contributed by atoms with Gasteiger partial charge in [-0.25, -0.2) is 4.18 Å². The summed E-state index contributed by atoms with van der Waals surface area (Å²) in [7, 11) is -2.16. The third kappa shape index (κ3) is 4.81. The van der Waals surface area contributed by atoms with Gasteiger partial charge in [0.05, 0.1) is 13.2 Å². The summed E-state index contributed by atoms with van der Waals surface area (Å²) in [6, 6.07) is 25.6. The standard InChI is InChI=1S/C33H39NO4S/c1-33-20-19-29-28-16-14-27(35)21-26(28)13-15-30(29)31(33)17-18-32(33)38-39(36,37)34(2,22-24-9-5-3-6-10-24)23-25-11-7-4-8-12-25/h3-12,14,16,21,29-32H,13,15,17-20,22-23H2,1-2H3/p+1/t29?,30?,31?,32-,33+/m1/s1. The van der Waals surface area contributed by atoms with Gasteiger partial charge in [0.15, 0.2) is 0 Å². The fourth-order valence-electron chi connectivity index (χ4n) is 8.08. The molecule has 0 aromatic heterocycles. The Labute approximate surface area is 233 Å². The predicted octanol–water partition coefficient (Wildman–Crippen LogP) is 6.73. The van der Waals surface area contributed by atoms with Crippen LogP contribution in [0.25, 0.3) is 0 Å². The number of aromatic hydroxyl groups is 1. The van der Waals surface area contributed by atoms with Gasteiger partial charge in [-0.2, -0.15) is 3.89 Å². The largest absolute Gasteiger partial charge is 0.508 e. The molecule has 5 atom stereocenters. The molecule has 0 heterocycles. The van der Waals surface area contributed by atoms with Crippen molar-refractivity contribution in [2.45, 2.75) is 70.6 Å². The lowest BCUT2D eigenvalue weighted by Gasteiger charge is -2.50. The van der Waals surface area contributed by atoms with Crippen LogP contribution in [0.2, 0.25) is 0 Å². The van der Waals surface area contributed by atoms with Gasteiger partial charge in [0.2, 0.25) is 0 Å². The highest BCUT2D eigenvalue weighted by Crippen LogP contribution is 2.62. The Balaban J connectivity index is 1.26. The first-order chi connectivity index (χ1) is 18.7. The van der Waals surface area contributed by atoms with Crippen LogP contribution in [0, 0.1) is 17.3 Å². The zero-order valence-corrected chi connectivity index (χ0v) is 23.8. The summed E-state index contributed by atoms with van der Waals surface area (Å²) in [5.41, 5.74) is 4.46. The molecule has 206 valence electrons. The second kappa shape index (κ2) is 10.1. The van der Waals surface area contributed by atoms with Crippen molar-refractivity contribution in [2.24, 2.45) is 17.3 Å². The maximum atomic E-state index is 14.2. The summed E-state index contributed by atoms with van der Waals surface area (Å²) in [5.74, 6) is 1.81. The average Bonchev–Trinajstić information content (AvgIpc) is 3.24. The van der Waals surface area contributed by atoms with E-state index in [2.05, 4.69) is 13.0 Å². The molecular formula is C33H40NO4S+. The van der Waals surface area contributed by atoms with Crippen molar-refractivity contribution in [1.82, 2.24) is 0 Å². The monoisotopic (exact) mass is 546 g/mol. The van der Waals surface area contributed by atoms with Gasteiger partial charge < -0.3 is 5.11 Å². The Bertz CT molecular complexity index is 1380. The van der Waals surface area contributed by atoms with E-state index in [1.165, 1.54) is 11.1 Å². The van der Waals surface area contributed by atoms with E-state index in [9.17, 15) is 13.5 Å². The quantitative estimate of drug-likeness (QED) is 0.334. The van der Waals surface area contributed by atoms with Crippen LogP contribution in [0.3, 0.4) is 0 Å². The first kappa shape index (κ1) is 26.5. The maximum absolute atomic E-state index is 14.2. The highest BCUT2D eigenvalue weighted by atomic mass is 32.2. The molecule has 39 heavy (non-hydrogen) atoms. The van der Waals surface area contributed by atoms with Crippen LogP contribution < -0.4 is 0 Å². The van der Waals surface area contributed by atoms with E-state index in [0.717, 1.165) is 49.7 Å². The summed E-state index contributed by atoms with van der Waals surface area (Å²) < 4.78 is 34.6. The number of phenols is 1. The van der Waals surface area contributed by atoms with Gasteiger partial charge in [0.1, 0.15) is 18.8 Å². The zero-order chi connectivity index (χ0) is 27.3. The molecule has 0 bridgehead atoms. The SMILES string of the molecule is C[C@]12CCC3c4ccc(O)cc4CCC3C1CC[C@H]2OS(=O)(=O)[N+](C)(Cc1ccccc1)Cc1ccccc1. The molecule has 2 saturated carbocycles. The molecule has 3 aromatic carbocycles. The Morgan fingerprint density at radius 2 is 1.54 bits per heavy atom. The zero-order valence-electron chi connectivity index (χ0n) is 23.0. The molecular weight excluding hydrogens is 506 g/mol. The third-order valence-corrected chi connectivity index (χ3v) is 11.9. The van der Waals surface area contributed by atoms with Crippen LogP contribution in [0.1, 0.15) is 67.2 Å². The topological polar surface area (TPSA) is 63.6 Å². The molecule has 2 fully saturated rings. The lowest BCUT2D eigenvalue weighted by Crippen LogP contribution is -2.52. The van der Waals surface area contributed by atoms with Gasteiger partial charge in [0, 0.05) is 11.1 Å². The van der Waals surface area contributed by atoms with Crippen molar-refractivity contribution in [2.75, 3.05) is 7.05 Å². The molecule has 0 aliphatic heterocycles. The number of phenolic OH excluding ortho intramolecular Hbond substituents is 1. The van der Waals surface area contributed by atoms with Gasteiger partial charge in [0.25, 0.3) is 0 Å². The van der Waals surface area contributed by atoms with Crippen LogP contribution in [0.15, 0.2) is 78.9 Å². The number of hydrogen-bond donors (Lipinski definition) is 1. The molecule has 3 aromatic rings. The van der Waals surface area contributed by atoms with Crippen LogP contribution >= 0.6 is 0 Å². The molecule has 0 radical (unpaired) electrons. The number of aryl methyl sites for hydroxylation is 1.